The second-order valence-corrected chi connectivity index (χ2v) is 6.34. The van der Waals surface area contributed by atoms with Crippen LogP contribution in [0.1, 0.15) is 31.1 Å². The summed E-state index contributed by atoms with van der Waals surface area (Å²) in [6.07, 6.45) is -4.54. The summed E-state index contributed by atoms with van der Waals surface area (Å²) in [5, 5.41) is 0. The fourth-order valence-corrected chi connectivity index (χ4v) is 2.83. The van der Waals surface area contributed by atoms with Crippen LogP contribution in [0.5, 0.6) is 0 Å². The molecule has 10 heteroatoms. The van der Waals surface area contributed by atoms with Crippen LogP contribution in [-0.2, 0) is 38.1 Å². The molecule has 1 aromatic carbocycles. The maximum absolute atomic E-state index is 14.1. The van der Waals surface area contributed by atoms with Gasteiger partial charge >= 0.3 is 23.9 Å². The molecule has 0 bridgehead atoms. The van der Waals surface area contributed by atoms with Gasteiger partial charge in [-0.1, -0.05) is 18.2 Å². The van der Waals surface area contributed by atoms with Gasteiger partial charge in [0.2, 0.25) is 12.4 Å². The predicted octanol–water partition coefficient (Wildman–Crippen LogP) is 1.33. The highest BCUT2D eigenvalue weighted by atomic mass is 19.1. The van der Waals surface area contributed by atoms with Crippen molar-refractivity contribution in [3.8, 4) is 0 Å². The normalized spacial score (nSPS) is 25.7. The summed E-state index contributed by atoms with van der Waals surface area (Å²) in [6, 6.07) is 7.91. The van der Waals surface area contributed by atoms with Crippen molar-refractivity contribution in [2.45, 2.75) is 44.9 Å². The number of esters is 4. The molecular weight excluding hydrogens is 391 g/mol. The van der Waals surface area contributed by atoms with Crippen molar-refractivity contribution < 1.29 is 47.3 Å². The van der Waals surface area contributed by atoms with Crippen LogP contribution in [0.15, 0.2) is 30.3 Å². The summed E-state index contributed by atoms with van der Waals surface area (Å²) in [6.45, 7) is 1.22. The summed E-state index contributed by atoms with van der Waals surface area (Å²) in [4.78, 5) is 46.7. The van der Waals surface area contributed by atoms with E-state index >= 15 is 0 Å². The molecule has 1 aliphatic rings. The molecule has 0 radical (unpaired) electrons. The number of hydrogen-bond donors (Lipinski definition) is 0. The number of carbonyl (C=O) groups is 4. The lowest BCUT2D eigenvalue weighted by molar-refractivity contribution is -0.211. The number of alkyl halides is 1. The van der Waals surface area contributed by atoms with Crippen LogP contribution in [0.25, 0.3) is 0 Å². The van der Waals surface area contributed by atoms with Gasteiger partial charge in [-0.25, -0.2) is 9.18 Å². The highest BCUT2D eigenvalue weighted by Gasteiger charge is 2.61. The molecule has 1 unspecified atom stereocenters. The second kappa shape index (κ2) is 9.46. The van der Waals surface area contributed by atoms with Crippen molar-refractivity contribution in [2.75, 3.05) is 13.3 Å². The second-order valence-electron chi connectivity index (χ2n) is 6.34. The monoisotopic (exact) mass is 412 g/mol. The minimum absolute atomic E-state index is 0.205. The number of rotatable bonds is 7. The van der Waals surface area contributed by atoms with Gasteiger partial charge in [0.1, 0.15) is 13.3 Å². The lowest BCUT2D eigenvalue weighted by Gasteiger charge is -2.30. The van der Waals surface area contributed by atoms with Gasteiger partial charge in [-0.3, -0.25) is 14.4 Å². The Hall–Kier alpha value is -3.01. The van der Waals surface area contributed by atoms with Gasteiger partial charge in [-0.05, 0) is 12.1 Å². The molecule has 1 heterocycles. The van der Waals surface area contributed by atoms with Crippen LogP contribution < -0.4 is 0 Å². The van der Waals surface area contributed by atoms with E-state index in [4.69, 9.17) is 23.7 Å². The van der Waals surface area contributed by atoms with Gasteiger partial charge in [-0.15, -0.1) is 0 Å². The highest BCUT2D eigenvalue weighted by Crippen LogP contribution is 2.37. The van der Waals surface area contributed by atoms with Gasteiger partial charge in [-0.2, -0.15) is 0 Å². The molecule has 0 N–H and O–H groups in total. The Morgan fingerprint density at radius 2 is 1.55 bits per heavy atom. The first-order valence-corrected chi connectivity index (χ1v) is 8.66. The van der Waals surface area contributed by atoms with Crippen molar-refractivity contribution in [3.63, 3.8) is 0 Å². The molecular formula is C19H21FO9. The van der Waals surface area contributed by atoms with Gasteiger partial charge in [0.25, 0.3) is 0 Å². The molecule has 0 spiro atoms. The first kappa shape index (κ1) is 22.3. The maximum Gasteiger partial charge on any atom is 0.338 e. The van der Waals surface area contributed by atoms with Gasteiger partial charge in [0.05, 0.1) is 5.56 Å². The standard InChI is InChI=1S/C19H21FO9/c1-11(21)26-15-16(27-12(2)22)19(9-20,29-18(15)28-13(3)23)10-25-17(24)14-7-5-4-6-8-14/h4-8,15-16,18H,9-10H2,1-3H3/t15-,16+,18?,19-/m1/s1. The minimum Gasteiger partial charge on any atom is -0.459 e. The molecule has 0 aromatic heterocycles. The molecule has 1 aliphatic heterocycles. The first-order valence-electron chi connectivity index (χ1n) is 8.66. The van der Waals surface area contributed by atoms with E-state index in [0.717, 1.165) is 20.8 Å². The third-order valence-electron chi connectivity index (χ3n) is 4.00. The Kier molecular flexibility index (Phi) is 7.27. The van der Waals surface area contributed by atoms with Crippen LogP contribution in [0.2, 0.25) is 0 Å². The smallest absolute Gasteiger partial charge is 0.338 e. The highest BCUT2D eigenvalue weighted by molar-refractivity contribution is 5.89. The zero-order valence-corrected chi connectivity index (χ0v) is 16.1. The lowest BCUT2D eigenvalue weighted by Crippen LogP contribution is -2.52. The van der Waals surface area contributed by atoms with E-state index in [1.807, 2.05) is 0 Å². The van der Waals surface area contributed by atoms with Crippen LogP contribution in [0, 0.1) is 0 Å². The van der Waals surface area contributed by atoms with Gasteiger partial charge in [0, 0.05) is 20.8 Å². The van der Waals surface area contributed by atoms with Crippen LogP contribution >= 0.6 is 0 Å². The number of ether oxygens (including phenoxy) is 5. The third kappa shape index (κ3) is 5.50. The van der Waals surface area contributed by atoms with E-state index in [-0.39, 0.29) is 5.56 Å². The van der Waals surface area contributed by atoms with E-state index < -0.39 is 61.3 Å². The third-order valence-corrected chi connectivity index (χ3v) is 4.00. The number of carbonyl (C=O) groups excluding carboxylic acids is 4. The van der Waals surface area contributed by atoms with Gasteiger partial charge in [0.15, 0.2) is 11.7 Å². The molecule has 29 heavy (non-hydrogen) atoms. The van der Waals surface area contributed by atoms with Crippen molar-refractivity contribution in [3.05, 3.63) is 35.9 Å². The Morgan fingerprint density at radius 3 is 2.07 bits per heavy atom. The molecule has 4 atom stereocenters. The Bertz CT molecular complexity index is 766. The van der Waals surface area contributed by atoms with Crippen molar-refractivity contribution in [1.29, 1.82) is 0 Å². The molecule has 2 rings (SSSR count). The zero-order valence-electron chi connectivity index (χ0n) is 16.1. The maximum atomic E-state index is 14.1. The summed E-state index contributed by atoms with van der Waals surface area (Å²) in [5.74, 6) is -3.21. The Balaban J connectivity index is 2.31. The largest absolute Gasteiger partial charge is 0.459 e. The Morgan fingerprint density at radius 1 is 0.966 bits per heavy atom. The average Bonchev–Trinajstić information content (AvgIpc) is 2.92. The Labute approximate surface area is 166 Å². The molecule has 9 nitrogen and oxygen atoms in total. The summed E-state index contributed by atoms with van der Waals surface area (Å²) < 4.78 is 39.9. The van der Waals surface area contributed by atoms with E-state index in [9.17, 15) is 23.6 Å². The number of hydrogen-bond acceptors (Lipinski definition) is 9. The summed E-state index contributed by atoms with van der Waals surface area (Å²) in [7, 11) is 0. The number of halogens is 1. The molecule has 0 aliphatic carbocycles. The van der Waals surface area contributed by atoms with Crippen LogP contribution in [0.3, 0.4) is 0 Å². The van der Waals surface area contributed by atoms with E-state index in [1.54, 1.807) is 18.2 Å². The fraction of sp³-hybridized carbons (Fsp3) is 0.474. The zero-order chi connectivity index (χ0) is 21.6. The quantitative estimate of drug-likeness (QED) is 0.483. The topological polar surface area (TPSA) is 114 Å². The molecule has 1 aromatic rings. The lowest BCUT2D eigenvalue weighted by atomic mass is 9.97. The number of benzene rings is 1. The average molecular weight is 412 g/mol. The molecule has 0 amide bonds. The van der Waals surface area contributed by atoms with Crippen molar-refractivity contribution in [1.82, 2.24) is 0 Å². The molecule has 1 saturated heterocycles. The van der Waals surface area contributed by atoms with Crippen LogP contribution in [0.4, 0.5) is 4.39 Å². The molecule has 1 fully saturated rings. The van der Waals surface area contributed by atoms with E-state index in [2.05, 4.69) is 0 Å². The predicted molar refractivity (Wildman–Crippen MR) is 93.2 cm³/mol. The fourth-order valence-electron chi connectivity index (χ4n) is 2.83. The van der Waals surface area contributed by atoms with Crippen molar-refractivity contribution >= 4 is 23.9 Å². The molecule has 158 valence electrons. The van der Waals surface area contributed by atoms with E-state index in [1.165, 1.54) is 12.1 Å². The van der Waals surface area contributed by atoms with E-state index in [0.29, 0.717) is 0 Å². The SMILES string of the molecule is CC(=O)OC1O[C@](CF)(COC(=O)c2ccccc2)[C@@H](OC(C)=O)[C@H]1OC(C)=O. The minimum atomic E-state index is -2.05. The first-order chi connectivity index (χ1) is 13.7. The summed E-state index contributed by atoms with van der Waals surface area (Å²) >= 11 is 0. The van der Waals surface area contributed by atoms with Crippen LogP contribution in [-0.4, -0.2) is 61.3 Å². The van der Waals surface area contributed by atoms with Gasteiger partial charge < -0.3 is 23.7 Å². The summed E-state index contributed by atoms with van der Waals surface area (Å²) in [5.41, 5.74) is -1.84. The van der Waals surface area contributed by atoms with Crippen molar-refractivity contribution in [2.24, 2.45) is 0 Å². The molecule has 0 saturated carbocycles.